The average Bonchev–Trinajstić information content (AvgIpc) is 2.62. The van der Waals surface area contributed by atoms with Gasteiger partial charge in [-0.15, -0.1) is 0 Å². The molecule has 0 saturated heterocycles. The highest BCUT2D eigenvalue weighted by atomic mass is 35.5. The van der Waals surface area contributed by atoms with E-state index in [0.29, 0.717) is 10.7 Å². The molecule has 1 heterocycles. The molecule has 1 aromatic heterocycles. The zero-order valence-electron chi connectivity index (χ0n) is 13.4. The van der Waals surface area contributed by atoms with Crippen LogP contribution in [0.15, 0.2) is 53.3 Å². The maximum absolute atomic E-state index is 13.0. The number of hydrogen-bond donors (Lipinski definition) is 2. The van der Waals surface area contributed by atoms with Gasteiger partial charge in [0.25, 0.3) is 5.56 Å². The van der Waals surface area contributed by atoms with Gasteiger partial charge in [-0.25, -0.2) is 4.98 Å². The van der Waals surface area contributed by atoms with E-state index in [1.807, 2.05) is 0 Å². The molecule has 0 aliphatic rings. The molecule has 2 N–H and O–H groups in total. The van der Waals surface area contributed by atoms with E-state index in [4.69, 9.17) is 11.6 Å². The minimum atomic E-state index is -4.56. The summed E-state index contributed by atoms with van der Waals surface area (Å²) < 4.78 is 38.9. The third kappa shape index (κ3) is 4.10. The monoisotopic (exact) mass is 390 g/mol. The topological polar surface area (TPSA) is 81.6 Å². The van der Waals surface area contributed by atoms with E-state index < -0.39 is 17.3 Å². The molecule has 0 radical (unpaired) electrons. The van der Waals surface area contributed by atoms with Crippen molar-refractivity contribution in [2.45, 2.75) is 6.18 Å². The minimum Gasteiger partial charge on any atom is -0.326 e. The summed E-state index contributed by atoms with van der Waals surface area (Å²) in [5, 5.41) is 12.6. The largest absolute Gasteiger partial charge is 0.416 e. The second-order valence-electron chi connectivity index (χ2n) is 5.46. The molecule has 0 aliphatic heterocycles. The number of anilines is 2. The van der Waals surface area contributed by atoms with E-state index in [1.54, 1.807) is 30.3 Å². The van der Waals surface area contributed by atoms with Gasteiger partial charge in [-0.05, 0) is 36.4 Å². The number of H-pyrrole nitrogens is 1. The molecule has 0 amide bonds. The quantitative estimate of drug-likeness (QED) is 0.677. The van der Waals surface area contributed by atoms with Crippen LogP contribution in [0.4, 0.5) is 24.8 Å². The highest BCUT2D eigenvalue weighted by molar-refractivity contribution is 6.30. The molecule has 0 atom stereocenters. The van der Waals surface area contributed by atoms with Crippen molar-refractivity contribution < 1.29 is 13.2 Å². The summed E-state index contributed by atoms with van der Waals surface area (Å²) in [5.74, 6) is -0.0197. The van der Waals surface area contributed by atoms with Crippen LogP contribution in [0.3, 0.4) is 0 Å². The van der Waals surface area contributed by atoms with Gasteiger partial charge in [0.05, 0.1) is 11.3 Å². The molecule has 3 aromatic rings. The molecule has 0 bridgehead atoms. The van der Waals surface area contributed by atoms with Crippen molar-refractivity contribution in [1.82, 2.24) is 9.97 Å². The van der Waals surface area contributed by atoms with E-state index in [1.165, 1.54) is 12.1 Å². The van der Waals surface area contributed by atoms with Crippen LogP contribution in [-0.4, -0.2) is 9.97 Å². The molecule has 0 unspecified atom stereocenters. The van der Waals surface area contributed by atoms with Gasteiger partial charge in [-0.2, -0.15) is 18.4 Å². The molecule has 0 spiro atoms. The number of hydrogen-bond acceptors (Lipinski definition) is 4. The van der Waals surface area contributed by atoms with Crippen LogP contribution in [0.2, 0.25) is 5.02 Å². The highest BCUT2D eigenvalue weighted by Crippen LogP contribution is 2.32. The molecule has 136 valence electrons. The number of nitrogens with zero attached hydrogens (tertiary/aromatic N) is 2. The van der Waals surface area contributed by atoms with Crippen LogP contribution >= 0.6 is 11.6 Å². The maximum atomic E-state index is 13.0. The first kappa shape index (κ1) is 18.5. The van der Waals surface area contributed by atoms with Crippen LogP contribution in [0.1, 0.15) is 11.1 Å². The molecule has 2 aromatic carbocycles. The number of nitriles is 1. The summed E-state index contributed by atoms with van der Waals surface area (Å²) in [7, 11) is 0. The normalized spacial score (nSPS) is 11.1. The van der Waals surface area contributed by atoms with Gasteiger partial charge in [0, 0.05) is 16.3 Å². The molecule has 27 heavy (non-hydrogen) atoms. The van der Waals surface area contributed by atoms with Crippen LogP contribution in [0, 0.1) is 11.3 Å². The van der Waals surface area contributed by atoms with Crippen molar-refractivity contribution in [1.29, 1.82) is 5.26 Å². The lowest BCUT2D eigenvalue weighted by molar-refractivity contribution is -0.137. The van der Waals surface area contributed by atoms with E-state index in [-0.39, 0.29) is 22.8 Å². The maximum Gasteiger partial charge on any atom is 0.416 e. The minimum absolute atomic E-state index is 0.00614. The highest BCUT2D eigenvalue weighted by Gasteiger charge is 2.30. The zero-order valence-corrected chi connectivity index (χ0v) is 14.2. The first-order valence-corrected chi connectivity index (χ1v) is 7.90. The summed E-state index contributed by atoms with van der Waals surface area (Å²) in [6.07, 6.45) is -4.56. The molecule has 3 rings (SSSR count). The van der Waals surface area contributed by atoms with Gasteiger partial charge in [0.1, 0.15) is 11.6 Å². The summed E-state index contributed by atoms with van der Waals surface area (Å²) in [5.41, 5.74) is -1.65. The van der Waals surface area contributed by atoms with Crippen molar-refractivity contribution in [3.63, 3.8) is 0 Å². The summed E-state index contributed by atoms with van der Waals surface area (Å²) in [6.45, 7) is 0. The van der Waals surface area contributed by atoms with E-state index in [0.717, 1.165) is 12.1 Å². The Bertz CT molecular complexity index is 1090. The fourth-order valence-corrected chi connectivity index (χ4v) is 2.48. The molecule has 0 aliphatic carbocycles. The number of alkyl halides is 3. The van der Waals surface area contributed by atoms with E-state index in [9.17, 15) is 23.2 Å². The van der Waals surface area contributed by atoms with Crippen molar-refractivity contribution >= 4 is 23.2 Å². The lowest BCUT2D eigenvalue weighted by Gasteiger charge is -2.11. The summed E-state index contributed by atoms with van der Waals surface area (Å²) >= 11 is 5.81. The number of rotatable bonds is 3. The van der Waals surface area contributed by atoms with Crippen LogP contribution in [-0.2, 0) is 6.18 Å². The molecular weight excluding hydrogens is 381 g/mol. The Morgan fingerprint density at radius 2 is 1.85 bits per heavy atom. The molecule has 0 saturated carbocycles. The van der Waals surface area contributed by atoms with Crippen molar-refractivity contribution in [2.75, 3.05) is 5.32 Å². The number of aromatic amines is 1. The van der Waals surface area contributed by atoms with Crippen molar-refractivity contribution in [2.24, 2.45) is 0 Å². The second kappa shape index (κ2) is 7.13. The third-order valence-corrected chi connectivity index (χ3v) is 3.85. The smallest absolute Gasteiger partial charge is 0.326 e. The molecular formula is C18H10ClF3N4O. The van der Waals surface area contributed by atoms with Gasteiger partial charge in [-0.3, -0.25) is 9.78 Å². The molecule has 9 heteroatoms. The van der Waals surface area contributed by atoms with Crippen LogP contribution in [0.5, 0.6) is 0 Å². The zero-order chi connectivity index (χ0) is 19.6. The lowest BCUT2D eigenvalue weighted by Crippen LogP contribution is -2.16. The third-order valence-electron chi connectivity index (χ3n) is 3.60. The first-order chi connectivity index (χ1) is 12.8. The van der Waals surface area contributed by atoms with Crippen molar-refractivity contribution in [3.05, 3.63) is 75.0 Å². The summed E-state index contributed by atoms with van der Waals surface area (Å²) in [6, 6.07) is 12.4. The first-order valence-electron chi connectivity index (χ1n) is 7.52. The number of halogens is 4. The summed E-state index contributed by atoms with van der Waals surface area (Å²) in [4.78, 5) is 18.7. The molecule has 0 fully saturated rings. The fourth-order valence-electron chi connectivity index (χ4n) is 2.36. The van der Waals surface area contributed by atoms with Gasteiger partial charge < -0.3 is 5.32 Å². The Kier molecular flexibility index (Phi) is 4.88. The SMILES string of the molecule is N#Cc1c(-c2cccc(C(F)(F)F)c2)nc(Nc2ccc(Cl)cc2)[nH]c1=O. The Morgan fingerprint density at radius 1 is 1.15 bits per heavy atom. The Labute approximate surface area is 156 Å². The Balaban J connectivity index is 2.09. The van der Waals surface area contributed by atoms with Gasteiger partial charge in [0.15, 0.2) is 0 Å². The number of nitrogens with one attached hydrogen (secondary N) is 2. The Morgan fingerprint density at radius 3 is 2.48 bits per heavy atom. The standard InChI is InChI=1S/C18H10ClF3N4O/c19-12-4-6-13(7-5-12)24-17-25-15(14(9-23)16(27)26-17)10-2-1-3-11(8-10)18(20,21)22/h1-8H,(H2,24,25,26,27). The van der Waals surface area contributed by atoms with Gasteiger partial charge >= 0.3 is 6.18 Å². The fraction of sp³-hybridized carbons (Fsp3) is 0.0556. The number of benzene rings is 2. The second-order valence-corrected chi connectivity index (χ2v) is 5.90. The predicted octanol–water partition coefficient (Wildman–Crippen LogP) is 4.72. The Hall–Kier alpha value is -3.31. The van der Waals surface area contributed by atoms with Crippen LogP contribution < -0.4 is 10.9 Å². The van der Waals surface area contributed by atoms with E-state index in [2.05, 4.69) is 15.3 Å². The van der Waals surface area contributed by atoms with Gasteiger partial charge in [-0.1, -0.05) is 23.7 Å². The molecule has 5 nitrogen and oxygen atoms in total. The predicted molar refractivity (Wildman–Crippen MR) is 94.7 cm³/mol. The number of aromatic nitrogens is 2. The van der Waals surface area contributed by atoms with Crippen molar-refractivity contribution in [3.8, 4) is 17.3 Å². The lowest BCUT2D eigenvalue weighted by atomic mass is 10.0. The average molecular weight is 391 g/mol. The van der Waals surface area contributed by atoms with E-state index >= 15 is 0 Å². The van der Waals surface area contributed by atoms with Gasteiger partial charge in [0.2, 0.25) is 5.95 Å². The van der Waals surface area contributed by atoms with Crippen LogP contribution in [0.25, 0.3) is 11.3 Å².